The maximum absolute atomic E-state index is 2.46. The summed E-state index contributed by atoms with van der Waals surface area (Å²) in [6, 6.07) is 64.8. The summed E-state index contributed by atoms with van der Waals surface area (Å²) in [4.78, 5) is 0. The van der Waals surface area contributed by atoms with E-state index in [9.17, 15) is 0 Å². The summed E-state index contributed by atoms with van der Waals surface area (Å²) >= 11 is 0. The first-order chi connectivity index (χ1) is 28.6. The first-order valence-corrected chi connectivity index (χ1v) is 21.0. The molecule has 0 spiro atoms. The number of benzene rings is 10. The zero-order chi connectivity index (χ0) is 40.2. The fourth-order valence-electron chi connectivity index (χ4n) is 10.4. The highest BCUT2D eigenvalue weighted by molar-refractivity contribution is 6.19. The molecule has 1 aliphatic rings. The maximum atomic E-state index is 2.46. The van der Waals surface area contributed by atoms with Crippen LogP contribution in [0.15, 0.2) is 170 Å². The van der Waals surface area contributed by atoms with Gasteiger partial charge in [0.2, 0.25) is 0 Å². The van der Waals surface area contributed by atoms with Gasteiger partial charge in [0, 0.05) is 5.41 Å². The number of aryl methyl sites for hydroxylation is 4. The van der Waals surface area contributed by atoms with Crippen LogP contribution < -0.4 is 0 Å². The predicted molar refractivity (Wildman–Crippen MR) is 255 cm³/mol. The van der Waals surface area contributed by atoms with E-state index in [1.165, 1.54) is 132 Å². The van der Waals surface area contributed by atoms with Crippen molar-refractivity contribution in [3.63, 3.8) is 0 Å². The molecule has 11 rings (SSSR count). The quantitative estimate of drug-likeness (QED) is 0.157. The second-order valence-corrected chi connectivity index (χ2v) is 17.7. The molecule has 10 aromatic rings. The van der Waals surface area contributed by atoms with Gasteiger partial charge in [0.15, 0.2) is 0 Å². The third-order valence-corrected chi connectivity index (χ3v) is 13.1. The summed E-state index contributed by atoms with van der Waals surface area (Å²) < 4.78 is 0. The lowest BCUT2D eigenvalue weighted by atomic mass is 9.81. The standard InChI is InChI=1S/C59H46/c1-35-23-36(2)26-42(25-35)44-30-45(43-27-37(3)24-38(4)28-43)32-46(31-44)49-22-21-48(50-11-7-8-12-51(49)50)39-15-18-47-40(29-39)16-20-53-52(47)19-17-41-33-58-56(34-55(41)53)54-13-9-10-14-57(54)59(58,5)6/h7-34H,1-6H3. The molecule has 0 saturated heterocycles. The first-order valence-electron chi connectivity index (χ1n) is 21.0. The molecular formula is C59H46. The molecule has 0 aromatic heterocycles. The van der Waals surface area contributed by atoms with E-state index < -0.39 is 0 Å². The normalized spacial score (nSPS) is 13.1. The molecule has 0 nitrogen and oxygen atoms in total. The van der Waals surface area contributed by atoms with Gasteiger partial charge in [0.25, 0.3) is 0 Å². The molecule has 1 aliphatic carbocycles. The first kappa shape index (κ1) is 35.4. The van der Waals surface area contributed by atoms with Crippen molar-refractivity contribution in [2.75, 3.05) is 0 Å². The Labute approximate surface area is 347 Å². The molecule has 0 atom stereocenters. The molecule has 59 heavy (non-hydrogen) atoms. The topological polar surface area (TPSA) is 0 Å². The Bertz CT molecular complexity index is 3280. The molecule has 0 heteroatoms. The van der Waals surface area contributed by atoms with Crippen LogP contribution in [0.4, 0.5) is 0 Å². The van der Waals surface area contributed by atoms with Gasteiger partial charge >= 0.3 is 0 Å². The van der Waals surface area contributed by atoms with Crippen molar-refractivity contribution < 1.29 is 0 Å². The second-order valence-electron chi connectivity index (χ2n) is 17.7. The lowest BCUT2D eigenvalue weighted by Crippen LogP contribution is -2.14. The molecular weight excluding hydrogens is 709 g/mol. The van der Waals surface area contributed by atoms with Gasteiger partial charge in [-0.05, 0) is 174 Å². The fraction of sp³-hybridized carbons (Fsp3) is 0.119. The summed E-state index contributed by atoms with van der Waals surface area (Å²) in [6.07, 6.45) is 0. The molecule has 0 fully saturated rings. The molecule has 0 N–H and O–H groups in total. The summed E-state index contributed by atoms with van der Waals surface area (Å²) in [5.41, 5.74) is 20.6. The van der Waals surface area contributed by atoms with Crippen molar-refractivity contribution >= 4 is 43.1 Å². The molecule has 282 valence electrons. The van der Waals surface area contributed by atoms with Gasteiger partial charge < -0.3 is 0 Å². The van der Waals surface area contributed by atoms with Crippen LogP contribution in [0.5, 0.6) is 0 Å². The monoisotopic (exact) mass is 754 g/mol. The summed E-state index contributed by atoms with van der Waals surface area (Å²) in [5, 5.41) is 10.3. The van der Waals surface area contributed by atoms with Gasteiger partial charge in [-0.25, -0.2) is 0 Å². The van der Waals surface area contributed by atoms with E-state index in [1.54, 1.807) is 0 Å². The van der Waals surface area contributed by atoms with E-state index in [-0.39, 0.29) is 5.41 Å². The molecule has 0 amide bonds. The van der Waals surface area contributed by atoms with Crippen molar-refractivity contribution in [1.29, 1.82) is 0 Å². The van der Waals surface area contributed by atoms with E-state index >= 15 is 0 Å². The summed E-state index contributed by atoms with van der Waals surface area (Å²) in [6.45, 7) is 13.5. The zero-order valence-electron chi connectivity index (χ0n) is 34.7. The van der Waals surface area contributed by atoms with Crippen LogP contribution in [0, 0.1) is 27.7 Å². The van der Waals surface area contributed by atoms with Gasteiger partial charge in [-0.2, -0.15) is 0 Å². The molecule has 0 heterocycles. The minimum absolute atomic E-state index is 0.00860. The highest BCUT2D eigenvalue weighted by Gasteiger charge is 2.35. The molecule has 0 radical (unpaired) electrons. The highest BCUT2D eigenvalue weighted by Crippen LogP contribution is 2.50. The van der Waals surface area contributed by atoms with Crippen LogP contribution in [0.2, 0.25) is 0 Å². The fourth-order valence-corrected chi connectivity index (χ4v) is 10.4. The van der Waals surface area contributed by atoms with Crippen LogP contribution in [-0.4, -0.2) is 0 Å². The minimum atomic E-state index is -0.00860. The average Bonchev–Trinajstić information content (AvgIpc) is 3.46. The van der Waals surface area contributed by atoms with Gasteiger partial charge in [-0.3, -0.25) is 0 Å². The molecule has 0 aliphatic heterocycles. The van der Waals surface area contributed by atoms with Crippen molar-refractivity contribution in [3.8, 4) is 55.6 Å². The summed E-state index contributed by atoms with van der Waals surface area (Å²) in [7, 11) is 0. The molecule has 0 saturated carbocycles. The van der Waals surface area contributed by atoms with Gasteiger partial charge in [-0.15, -0.1) is 0 Å². The number of rotatable bonds is 4. The van der Waals surface area contributed by atoms with Gasteiger partial charge in [0.05, 0.1) is 0 Å². The van der Waals surface area contributed by atoms with Crippen LogP contribution in [0.1, 0.15) is 47.2 Å². The smallest absolute Gasteiger partial charge is 0.0159 e. The SMILES string of the molecule is Cc1cc(C)cc(-c2cc(-c3cc(C)cc(C)c3)cc(-c3ccc(-c4ccc5c(ccc6c7cc8c(cc7ccc56)C(C)(C)c5ccccc5-8)c4)c4ccccc34)c2)c1. The van der Waals surface area contributed by atoms with Crippen molar-refractivity contribution in [2.45, 2.75) is 47.0 Å². The Morgan fingerprint density at radius 1 is 0.271 bits per heavy atom. The maximum Gasteiger partial charge on any atom is 0.0159 e. The Morgan fingerprint density at radius 2 is 0.763 bits per heavy atom. The van der Waals surface area contributed by atoms with Gasteiger partial charge in [-0.1, -0.05) is 170 Å². The molecule has 0 bridgehead atoms. The van der Waals surface area contributed by atoms with E-state index in [1.807, 2.05) is 0 Å². The Morgan fingerprint density at radius 3 is 1.39 bits per heavy atom. The Kier molecular flexibility index (Phi) is 7.88. The van der Waals surface area contributed by atoms with Crippen LogP contribution in [0.3, 0.4) is 0 Å². The van der Waals surface area contributed by atoms with E-state index in [2.05, 4.69) is 211 Å². The molecule has 10 aromatic carbocycles. The van der Waals surface area contributed by atoms with Crippen molar-refractivity contribution in [2.24, 2.45) is 0 Å². The average molecular weight is 755 g/mol. The lowest BCUT2D eigenvalue weighted by Gasteiger charge is -2.22. The third kappa shape index (κ3) is 5.73. The zero-order valence-corrected chi connectivity index (χ0v) is 34.7. The van der Waals surface area contributed by atoms with Crippen LogP contribution >= 0.6 is 0 Å². The summed E-state index contributed by atoms with van der Waals surface area (Å²) in [5.74, 6) is 0. The largest absolute Gasteiger partial charge is 0.0619 e. The highest BCUT2D eigenvalue weighted by atomic mass is 14.4. The Hall–Kier alpha value is -6.76. The van der Waals surface area contributed by atoms with Crippen molar-refractivity contribution in [3.05, 3.63) is 203 Å². The van der Waals surface area contributed by atoms with E-state index in [0.717, 1.165) is 0 Å². The number of fused-ring (bicyclic) bond motifs is 9. The number of hydrogen-bond acceptors (Lipinski definition) is 0. The lowest BCUT2D eigenvalue weighted by molar-refractivity contribution is 0.661. The van der Waals surface area contributed by atoms with Crippen LogP contribution in [0.25, 0.3) is 98.7 Å². The minimum Gasteiger partial charge on any atom is -0.0619 e. The van der Waals surface area contributed by atoms with E-state index in [0.29, 0.717) is 0 Å². The van der Waals surface area contributed by atoms with Crippen LogP contribution in [-0.2, 0) is 5.41 Å². The predicted octanol–water partition coefficient (Wildman–Crippen LogP) is 16.5. The third-order valence-electron chi connectivity index (χ3n) is 13.1. The van der Waals surface area contributed by atoms with E-state index in [4.69, 9.17) is 0 Å². The second kappa shape index (κ2) is 13.1. The van der Waals surface area contributed by atoms with Gasteiger partial charge in [0.1, 0.15) is 0 Å². The molecule has 0 unspecified atom stereocenters. The Balaban J connectivity index is 1.04. The number of hydrogen-bond donors (Lipinski definition) is 0. The van der Waals surface area contributed by atoms with Crippen molar-refractivity contribution in [1.82, 2.24) is 0 Å².